The molecule has 0 amide bonds. The van der Waals surface area contributed by atoms with E-state index >= 15 is 0 Å². The van der Waals surface area contributed by atoms with Gasteiger partial charge in [-0.2, -0.15) is 0 Å². The second-order valence-electron chi connectivity index (χ2n) is 24.1. The molecule has 0 aromatic carbocycles. The number of hydrogen-bond donors (Lipinski definition) is 0. The van der Waals surface area contributed by atoms with Crippen LogP contribution in [0.15, 0.2) is 60.8 Å². The number of rotatable bonds is 66. The molecule has 0 radical (unpaired) electrons. The van der Waals surface area contributed by atoms with Crippen molar-refractivity contribution in [1.29, 1.82) is 0 Å². The second-order valence-corrected chi connectivity index (χ2v) is 24.1. The van der Waals surface area contributed by atoms with E-state index < -0.39 is 6.10 Å². The largest absolute Gasteiger partial charge is 0.462 e. The van der Waals surface area contributed by atoms with Crippen LogP contribution in [0.2, 0.25) is 0 Å². The van der Waals surface area contributed by atoms with Gasteiger partial charge in [0.05, 0.1) is 0 Å². The first-order chi connectivity index (χ1) is 40.0. The first kappa shape index (κ1) is 78.1. The van der Waals surface area contributed by atoms with Crippen LogP contribution >= 0.6 is 0 Å². The summed E-state index contributed by atoms with van der Waals surface area (Å²) in [6.07, 6.45) is 89.6. The van der Waals surface area contributed by atoms with Gasteiger partial charge in [-0.1, -0.05) is 338 Å². The molecule has 0 aromatic rings. The van der Waals surface area contributed by atoms with Crippen LogP contribution in [-0.4, -0.2) is 37.2 Å². The van der Waals surface area contributed by atoms with Crippen LogP contribution in [0.25, 0.3) is 0 Å². The van der Waals surface area contributed by atoms with Crippen LogP contribution in [0.5, 0.6) is 0 Å². The summed E-state index contributed by atoms with van der Waals surface area (Å²) in [5.41, 5.74) is 0. The third-order valence-electron chi connectivity index (χ3n) is 16.0. The van der Waals surface area contributed by atoms with E-state index in [1.807, 2.05) is 0 Å². The van der Waals surface area contributed by atoms with Gasteiger partial charge in [-0.15, -0.1) is 0 Å². The lowest BCUT2D eigenvalue weighted by Gasteiger charge is -2.18. The first-order valence-corrected chi connectivity index (χ1v) is 35.8. The van der Waals surface area contributed by atoms with E-state index in [1.165, 1.54) is 257 Å². The molecule has 0 rings (SSSR count). The van der Waals surface area contributed by atoms with Gasteiger partial charge in [-0.05, 0) is 83.5 Å². The normalized spacial score (nSPS) is 12.4. The predicted molar refractivity (Wildman–Crippen MR) is 353 cm³/mol. The molecular weight excluding hydrogens is 997 g/mol. The molecule has 6 nitrogen and oxygen atoms in total. The molecule has 1 unspecified atom stereocenters. The van der Waals surface area contributed by atoms with Crippen molar-refractivity contribution in [3.05, 3.63) is 60.8 Å². The molecular formula is C75H136O6. The van der Waals surface area contributed by atoms with Crippen LogP contribution in [0.4, 0.5) is 0 Å². The molecule has 6 heteroatoms. The highest BCUT2D eigenvalue weighted by Gasteiger charge is 2.19. The third-order valence-corrected chi connectivity index (χ3v) is 16.0. The Labute approximate surface area is 504 Å². The summed E-state index contributed by atoms with van der Waals surface area (Å²) < 4.78 is 17.0. The zero-order valence-corrected chi connectivity index (χ0v) is 54.3. The number of carbonyl (C=O) groups excluding carboxylic acids is 3. The van der Waals surface area contributed by atoms with Crippen molar-refractivity contribution in [2.75, 3.05) is 13.2 Å². The van der Waals surface area contributed by atoms with Gasteiger partial charge in [0.25, 0.3) is 0 Å². The molecule has 0 aromatic heterocycles. The highest BCUT2D eigenvalue weighted by atomic mass is 16.6. The Balaban J connectivity index is 4.28. The Bertz CT molecular complexity index is 1440. The van der Waals surface area contributed by atoms with Crippen LogP contribution in [0.1, 0.15) is 380 Å². The maximum Gasteiger partial charge on any atom is 0.306 e. The summed E-state index contributed by atoms with van der Waals surface area (Å²) in [4.78, 5) is 38.5. The van der Waals surface area contributed by atoms with E-state index in [1.54, 1.807) is 0 Å². The molecule has 472 valence electrons. The Kier molecular flexibility index (Phi) is 67.1. The number of ether oxygens (including phenoxy) is 3. The molecule has 0 saturated heterocycles. The number of allylic oxidation sites excluding steroid dienone is 10. The van der Waals surface area contributed by atoms with Crippen LogP contribution in [0, 0.1) is 0 Å². The molecule has 0 N–H and O–H groups in total. The van der Waals surface area contributed by atoms with E-state index in [4.69, 9.17) is 14.2 Å². The van der Waals surface area contributed by atoms with E-state index in [2.05, 4.69) is 81.5 Å². The minimum Gasteiger partial charge on any atom is -0.462 e. The first-order valence-electron chi connectivity index (χ1n) is 35.8. The van der Waals surface area contributed by atoms with Gasteiger partial charge < -0.3 is 14.2 Å². The molecule has 0 saturated carbocycles. The fraction of sp³-hybridized carbons (Fsp3) is 0.827. The maximum atomic E-state index is 13.0. The minimum absolute atomic E-state index is 0.0705. The monoisotopic (exact) mass is 1130 g/mol. The van der Waals surface area contributed by atoms with Crippen molar-refractivity contribution in [3.8, 4) is 0 Å². The molecule has 0 aliphatic rings. The quantitative estimate of drug-likeness (QED) is 0.0261. The van der Waals surface area contributed by atoms with Crippen molar-refractivity contribution < 1.29 is 28.6 Å². The summed E-state index contributed by atoms with van der Waals surface area (Å²) >= 11 is 0. The minimum atomic E-state index is -0.776. The Hall–Kier alpha value is -2.89. The summed E-state index contributed by atoms with van der Waals surface area (Å²) in [6.45, 7) is 6.59. The van der Waals surface area contributed by atoms with Gasteiger partial charge in [0.2, 0.25) is 0 Å². The lowest BCUT2D eigenvalue weighted by molar-refractivity contribution is -0.167. The zero-order valence-electron chi connectivity index (χ0n) is 54.3. The van der Waals surface area contributed by atoms with Crippen molar-refractivity contribution in [3.63, 3.8) is 0 Å². The van der Waals surface area contributed by atoms with Crippen molar-refractivity contribution in [2.24, 2.45) is 0 Å². The Morgan fingerprint density at radius 2 is 0.481 bits per heavy atom. The van der Waals surface area contributed by atoms with Gasteiger partial charge in [-0.25, -0.2) is 0 Å². The summed E-state index contributed by atoms with van der Waals surface area (Å²) in [5, 5.41) is 0. The van der Waals surface area contributed by atoms with Crippen LogP contribution < -0.4 is 0 Å². The standard InChI is InChI=1S/C75H136O6/c1-4-7-10-13-16-19-22-25-28-31-34-35-36-37-38-39-40-41-42-45-47-50-53-56-59-62-65-68-74(77)80-71-72(81-75(78)69-66-63-60-57-54-51-48-44-33-30-27-24-21-18-15-12-9-6-3)70-79-73(76)67-64-61-58-55-52-49-46-43-32-29-26-23-20-17-14-11-8-5-2/h7,10,16,19,25,28,30,33-35,72H,4-6,8-9,11-15,17-18,20-24,26-27,29,31-32,36-71H2,1-3H3/b10-7-,19-16-,28-25-,33-30-,35-34-. The zero-order chi connectivity index (χ0) is 58.5. The van der Waals surface area contributed by atoms with Gasteiger partial charge in [-0.3, -0.25) is 14.4 Å². The number of esters is 3. The van der Waals surface area contributed by atoms with Crippen molar-refractivity contribution in [1.82, 2.24) is 0 Å². The topological polar surface area (TPSA) is 78.9 Å². The van der Waals surface area contributed by atoms with Crippen molar-refractivity contribution in [2.45, 2.75) is 386 Å². The van der Waals surface area contributed by atoms with E-state index in [0.717, 1.165) is 83.5 Å². The molecule has 1 atom stereocenters. The summed E-state index contributed by atoms with van der Waals surface area (Å²) in [5.74, 6) is -0.848. The van der Waals surface area contributed by atoms with Crippen LogP contribution in [0.3, 0.4) is 0 Å². The summed E-state index contributed by atoms with van der Waals surface area (Å²) in [7, 11) is 0. The highest BCUT2D eigenvalue weighted by Crippen LogP contribution is 2.18. The van der Waals surface area contributed by atoms with Gasteiger partial charge in [0.1, 0.15) is 13.2 Å². The van der Waals surface area contributed by atoms with Crippen LogP contribution in [-0.2, 0) is 28.6 Å². The maximum absolute atomic E-state index is 13.0. The number of hydrogen-bond acceptors (Lipinski definition) is 6. The fourth-order valence-corrected chi connectivity index (χ4v) is 10.7. The molecule has 0 bridgehead atoms. The smallest absolute Gasteiger partial charge is 0.306 e. The average Bonchev–Trinajstić information content (AvgIpc) is 3.47. The molecule has 0 fully saturated rings. The Morgan fingerprint density at radius 3 is 0.765 bits per heavy atom. The van der Waals surface area contributed by atoms with E-state index in [-0.39, 0.29) is 31.1 Å². The number of carbonyl (C=O) groups is 3. The molecule has 81 heavy (non-hydrogen) atoms. The highest BCUT2D eigenvalue weighted by molar-refractivity contribution is 5.71. The molecule has 0 heterocycles. The molecule has 0 spiro atoms. The van der Waals surface area contributed by atoms with E-state index in [9.17, 15) is 14.4 Å². The molecule has 0 aliphatic heterocycles. The summed E-state index contributed by atoms with van der Waals surface area (Å²) in [6, 6.07) is 0. The van der Waals surface area contributed by atoms with Crippen molar-refractivity contribution >= 4 is 17.9 Å². The third kappa shape index (κ3) is 67.8. The second kappa shape index (κ2) is 69.6. The lowest BCUT2D eigenvalue weighted by Crippen LogP contribution is -2.30. The lowest BCUT2D eigenvalue weighted by atomic mass is 10.0. The average molecular weight is 1130 g/mol. The predicted octanol–water partition coefficient (Wildman–Crippen LogP) is 24.7. The van der Waals surface area contributed by atoms with Gasteiger partial charge >= 0.3 is 17.9 Å². The van der Waals surface area contributed by atoms with E-state index in [0.29, 0.717) is 19.3 Å². The van der Waals surface area contributed by atoms with Gasteiger partial charge in [0, 0.05) is 19.3 Å². The van der Waals surface area contributed by atoms with Gasteiger partial charge in [0.15, 0.2) is 6.10 Å². The number of unbranched alkanes of at least 4 members (excludes halogenated alkanes) is 45. The Morgan fingerprint density at radius 1 is 0.259 bits per heavy atom. The fourth-order valence-electron chi connectivity index (χ4n) is 10.7. The molecule has 0 aliphatic carbocycles. The SMILES string of the molecule is CC/C=C\C/C=C\C/C=C\C/C=C\CCCCCCCCCCCCCCCCC(=O)OCC(COC(=O)CCCCCCCCCCCCCCCCCCCC)OC(=O)CCCCCCCCC/C=C\CCCCCCCCC.